The number of piperidine rings is 1. The lowest BCUT2D eigenvalue weighted by Crippen LogP contribution is -2.44. The minimum Gasteiger partial charge on any atom is -0.338 e. The number of aromatic nitrogens is 1. The maximum atomic E-state index is 13.3. The highest BCUT2D eigenvalue weighted by molar-refractivity contribution is 7.89. The number of nitrogens with zero attached hydrogens (tertiary/aromatic N) is 2. The molecule has 0 bridgehead atoms. The number of amides is 1. The lowest BCUT2D eigenvalue weighted by molar-refractivity contribution is 0.0675. The normalized spacial score (nSPS) is 17.0. The standard InChI is InChI=1S/C25H29N3O3S/c1-17-7-10-22(11-8-17)32(30,31)26-15-20-5-4-12-28(16-20)25(29)23-14-21-9-6-18(2)13-24(21)27-19(23)3/h6-11,13-14,20,26H,4-5,12,15-16H2,1-3H3/t20-/m1/s1. The predicted octanol–water partition coefficient (Wildman–Crippen LogP) is 3.99. The van der Waals surface area contributed by atoms with Crippen LogP contribution in [0.25, 0.3) is 10.9 Å². The number of fused-ring (bicyclic) bond motifs is 1. The Hall–Kier alpha value is -2.77. The zero-order chi connectivity index (χ0) is 22.9. The molecule has 1 atom stereocenters. The monoisotopic (exact) mass is 451 g/mol. The molecular weight excluding hydrogens is 422 g/mol. The average molecular weight is 452 g/mol. The van der Waals surface area contributed by atoms with E-state index < -0.39 is 10.0 Å². The number of aryl methyl sites for hydroxylation is 3. The molecule has 0 saturated carbocycles. The fourth-order valence-corrected chi connectivity index (χ4v) is 5.32. The molecule has 32 heavy (non-hydrogen) atoms. The molecule has 7 heteroatoms. The predicted molar refractivity (Wildman–Crippen MR) is 126 cm³/mol. The van der Waals surface area contributed by atoms with Gasteiger partial charge in [0.2, 0.25) is 10.0 Å². The first kappa shape index (κ1) is 22.4. The molecule has 6 nitrogen and oxygen atoms in total. The van der Waals surface area contributed by atoms with Crippen molar-refractivity contribution < 1.29 is 13.2 Å². The molecule has 1 fully saturated rings. The number of rotatable bonds is 5. The molecule has 1 aromatic heterocycles. The van der Waals surface area contributed by atoms with Crippen molar-refractivity contribution in [3.05, 3.63) is 70.9 Å². The highest BCUT2D eigenvalue weighted by Gasteiger charge is 2.27. The van der Waals surface area contributed by atoms with Gasteiger partial charge in [0.15, 0.2) is 0 Å². The molecule has 4 rings (SSSR count). The Morgan fingerprint density at radius 2 is 1.78 bits per heavy atom. The fraction of sp³-hybridized carbons (Fsp3) is 0.360. The molecule has 0 radical (unpaired) electrons. The topological polar surface area (TPSA) is 79.4 Å². The second-order valence-electron chi connectivity index (χ2n) is 8.74. The number of benzene rings is 2. The van der Waals surface area contributed by atoms with Gasteiger partial charge >= 0.3 is 0 Å². The van der Waals surface area contributed by atoms with E-state index >= 15 is 0 Å². The Morgan fingerprint density at radius 1 is 1.06 bits per heavy atom. The molecule has 2 heterocycles. The molecular formula is C25H29N3O3S. The van der Waals surface area contributed by atoms with Crippen LogP contribution in [0.15, 0.2) is 53.4 Å². The summed E-state index contributed by atoms with van der Waals surface area (Å²) < 4.78 is 28.0. The van der Waals surface area contributed by atoms with Gasteiger partial charge in [0, 0.05) is 25.0 Å². The molecule has 1 aliphatic rings. The molecule has 2 aromatic carbocycles. The zero-order valence-corrected chi connectivity index (χ0v) is 19.6. The lowest BCUT2D eigenvalue weighted by atomic mass is 9.97. The maximum absolute atomic E-state index is 13.3. The van der Waals surface area contributed by atoms with Crippen LogP contribution in [-0.2, 0) is 10.0 Å². The van der Waals surface area contributed by atoms with E-state index in [-0.39, 0.29) is 16.7 Å². The van der Waals surface area contributed by atoms with Gasteiger partial charge in [0.25, 0.3) is 5.91 Å². The number of hydrogen-bond acceptors (Lipinski definition) is 4. The smallest absolute Gasteiger partial charge is 0.255 e. The van der Waals surface area contributed by atoms with Crippen molar-refractivity contribution in [3.8, 4) is 0 Å². The summed E-state index contributed by atoms with van der Waals surface area (Å²) in [6.45, 7) is 7.33. The first-order valence-corrected chi connectivity index (χ1v) is 12.4. The molecule has 1 saturated heterocycles. The summed E-state index contributed by atoms with van der Waals surface area (Å²) in [5.41, 5.74) is 4.37. The van der Waals surface area contributed by atoms with Gasteiger partial charge < -0.3 is 4.90 Å². The van der Waals surface area contributed by atoms with Crippen molar-refractivity contribution >= 4 is 26.8 Å². The first-order valence-electron chi connectivity index (χ1n) is 11.0. The summed E-state index contributed by atoms with van der Waals surface area (Å²) in [6.07, 6.45) is 1.73. The van der Waals surface area contributed by atoms with Crippen molar-refractivity contribution in [3.63, 3.8) is 0 Å². The highest BCUT2D eigenvalue weighted by atomic mass is 32.2. The van der Waals surface area contributed by atoms with Gasteiger partial charge in [-0.1, -0.05) is 29.8 Å². The van der Waals surface area contributed by atoms with E-state index in [2.05, 4.69) is 9.71 Å². The van der Waals surface area contributed by atoms with E-state index in [0.717, 1.165) is 40.6 Å². The van der Waals surface area contributed by atoms with Crippen LogP contribution < -0.4 is 4.72 Å². The fourth-order valence-electron chi connectivity index (χ4n) is 4.20. The van der Waals surface area contributed by atoms with E-state index in [9.17, 15) is 13.2 Å². The van der Waals surface area contributed by atoms with Gasteiger partial charge in [-0.2, -0.15) is 0 Å². The molecule has 1 N–H and O–H groups in total. The molecule has 0 spiro atoms. The van der Waals surface area contributed by atoms with Gasteiger partial charge in [0.05, 0.1) is 21.7 Å². The molecule has 0 unspecified atom stereocenters. The van der Waals surface area contributed by atoms with Crippen molar-refractivity contribution in [2.45, 2.75) is 38.5 Å². The Labute approximate surface area is 189 Å². The summed E-state index contributed by atoms with van der Waals surface area (Å²) in [5, 5.41) is 0.948. The van der Waals surface area contributed by atoms with Crippen LogP contribution in [0.2, 0.25) is 0 Å². The van der Waals surface area contributed by atoms with Gasteiger partial charge in [-0.05, 0) is 69.4 Å². The number of carbonyl (C=O) groups is 1. The summed E-state index contributed by atoms with van der Waals surface area (Å²) in [4.78, 5) is 20.0. The Kier molecular flexibility index (Phi) is 6.31. The van der Waals surface area contributed by atoms with Crippen LogP contribution in [0.1, 0.15) is 40.0 Å². The van der Waals surface area contributed by atoms with E-state index in [1.165, 1.54) is 0 Å². The Bertz CT molecular complexity index is 1250. The van der Waals surface area contributed by atoms with Crippen LogP contribution >= 0.6 is 0 Å². The van der Waals surface area contributed by atoms with Crippen molar-refractivity contribution in [2.24, 2.45) is 5.92 Å². The zero-order valence-electron chi connectivity index (χ0n) is 18.8. The minimum absolute atomic E-state index is 0.0384. The first-order chi connectivity index (χ1) is 15.2. The Morgan fingerprint density at radius 3 is 2.53 bits per heavy atom. The molecule has 168 valence electrons. The van der Waals surface area contributed by atoms with Crippen LogP contribution in [0.4, 0.5) is 0 Å². The van der Waals surface area contributed by atoms with Gasteiger partial charge in [-0.3, -0.25) is 9.78 Å². The minimum atomic E-state index is -3.56. The van der Waals surface area contributed by atoms with Crippen molar-refractivity contribution in [2.75, 3.05) is 19.6 Å². The number of sulfonamides is 1. The largest absolute Gasteiger partial charge is 0.338 e. The quantitative estimate of drug-likeness (QED) is 0.636. The van der Waals surface area contributed by atoms with E-state index in [4.69, 9.17) is 0 Å². The number of hydrogen-bond donors (Lipinski definition) is 1. The highest BCUT2D eigenvalue weighted by Crippen LogP contribution is 2.23. The van der Waals surface area contributed by atoms with Crippen molar-refractivity contribution in [1.29, 1.82) is 0 Å². The average Bonchev–Trinajstić information content (AvgIpc) is 2.77. The third-order valence-electron chi connectivity index (χ3n) is 6.09. The molecule has 3 aromatic rings. The summed E-state index contributed by atoms with van der Waals surface area (Å²) in [7, 11) is -3.56. The van der Waals surface area contributed by atoms with E-state index in [1.807, 2.05) is 49.9 Å². The molecule has 1 amide bonds. The van der Waals surface area contributed by atoms with Gasteiger partial charge in [0.1, 0.15) is 0 Å². The van der Waals surface area contributed by atoms with Crippen molar-refractivity contribution in [1.82, 2.24) is 14.6 Å². The summed E-state index contributed by atoms with van der Waals surface area (Å²) >= 11 is 0. The van der Waals surface area contributed by atoms with E-state index in [0.29, 0.717) is 25.2 Å². The van der Waals surface area contributed by atoms with Crippen LogP contribution in [0, 0.1) is 26.7 Å². The molecule has 0 aliphatic carbocycles. The third-order valence-corrected chi connectivity index (χ3v) is 7.53. The maximum Gasteiger partial charge on any atom is 0.255 e. The lowest BCUT2D eigenvalue weighted by Gasteiger charge is -2.33. The third kappa shape index (κ3) is 4.84. The van der Waals surface area contributed by atoms with Gasteiger partial charge in [-0.25, -0.2) is 13.1 Å². The number of nitrogens with one attached hydrogen (secondary N) is 1. The Balaban J connectivity index is 1.45. The second-order valence-corrected chi connectivity index (χ2v) is 10.5. The number of carbonyl (C=O) groups excluding carboxylic acids is 1. The van der Waals surface area contributed by atoms with Crippen LogP contribution in [0.5, 0.6) is 0 Å². The SMILES string of the molecule is Cc1ccc(S(=O)(=O)NC[C@H]2CCCN(C(=O)c3cc4ccc(C)cc4nc3C)C2)cc1. The van der Waals surface area contributed by atoms with E-state index in [1.54, 1.807) is 24.3 Å². The number of pyridine rings is 1. The van der Waals surface area contributed by atoms with Gasteiger partial charge in [-0.15, -0.1) is 0 Å². The number of likely N-dealkylation sites (tertiary alicyclic amines) is 1. The molecule has 1 aliphatic heterocycles. The second kappa shape index (κ2) is 9.00. The summed E-state index contributed by atoms with van der Waals surface area (Å²) in [5.74, 6) is 0.0351. The summed E-state index contributed by atoms with van der Waals surface area (Å²) in [6, 6.07) is 14.8. The van der Waals surface area contributed by atoms with Crippen LogP contribution in [-0.4, -0.2) is 43.8 Å². The van der Waals surface area contributed by atoms with Crippen LogP contribution in [0.3, 0.4) is 0 Å².